The van der Waals surface area contributed by atoms with Gasteiger partial charge in [-0.05, 0) is 50.4 Å². The summed E-state index contributed by atoms with van der Waals surface area (Å²) in [6.45, 7) is 3.29. The number of likely N-dealkylation sites (tertiary alicyclic amines) is 1. The van der Waals surface area contributed by atoms with Crippen LogP contribution in [0.5, 0.6) is 5.75 Å². The molecular weight excluding hydrogens is 366 g/mol. The van der Waals surface area contributed by atoms with Crippen molar-refractivity contribution in [3.63, 3.8) is 0 Å². The van der Waals surface area contributed by atoms with Gasteiger partial charge in [-0.2, -0.15) is 0 Å². The van der Waals surface area contributed by atoms with E-state index in [-0.39, 0.29) is 6.04 Å². The first-order valence-electron chi connectivity index (χ1n) is 9.72. The van der Waals surface area contributed by atoms with Crippen LogP contribution in [0.2, 0.25) is 5.02 Å². The van der Waals surface area contributed by atoms with E-state index in [0.717, 1.165) is 73.7 Å². The summed E-state index contributed by atoms with van der Waals surface area (Å²) in [5.41, 5.74) is 1.08. The van der Waals surface area contributed by atoms with Crippen LogP contribution in [0.4, 0.5) is 0 Å². The van der Waals surface area contributed by atoms with Gasteiger partial charge in [0.15, 0.2) is 0 Å². The van der Waals surface area contributed by atoms with E-state index < -0.39 is 0 Å². The van der Waals surface area contributed by atoms with Crippen LogP contribution in [0.25, 0.3) is 0 Å². The van der Waals surface area contributed by atoms with Crippen LogP contribution < -0.4 is 4.74 Å². The smallest absolute Gasteiger partial charge is 0.233 e. The number of ether oxygens (including phenoxy) is 2. The predicted molar refractivity (Wildman–Crippen MR) is 102 cm³/mol. The number of hydrogen-bond donors (Lipinski definition) is 0. The number of nitrogens with zero attached hydrogens (tertiary/aromatic N) is 3. The average molecular weight is 392 g/mol. The summed E-state index contributed by atoms with van der Waals surface area (Å²) in [5, 5.41) is 9.49. The lowest BCUT2D eigenvalue weighted by atomic mass is 10.00. The zero-order valence-electron chi connectivity index (χ0n) is 15.7. The fourth-order valence-corrected chi connectivity index (χ4v) is 4.23. The van der Waals surface area contributed by atoms with Gasteiger partial charge < -0.3 is 13.9 Å². The molecule has 0 saturated carbocycles. The maximum absolute atomic E-state index is 6.21. The van der Waals surface area contributed by atoms with E-state index in [0.29, 0.717) is 5.92 Å². The first-order valence-corrected chi connectivity index (χ1v) is 10.1. The molecule has 0 N–H and O–H groups in total. The maximum atomic E-state index is 6.21. The molecule has 0 bridgehead atoms. The first-order chi connectivity index (χ1) is 13.2. The van der Waals surface area contributed by atoms with Crippen molar-refractivity contribution < 1.29 is 13.9 Å². The second-order valence-corrected chi connectivity index (χ2v) is 7.74. The van der Waals surface area contributed by atoms with Crippen LogP contribution in [0.1, 0.15) is 61.4 Å². The molecule has 0 amide bonds. The molecule has 0 unspecified atom stereocenters. The number of benzene rings is 1. The lowest BCUT2D eigenvalue weighted by Gasteiger charge is -2.33. The molecule has 3 heterocycles. The summed E-state index contributed by atoms with van der Waals surface area (Å²) in [7, 11) is 1.69. The van der Waals surface area contributed by atoms with Gasteiger partial charge in [-0.15, -0.1) is 10.2 Å². The van der Waals surface area contributed by atoms with E-state index in [4.69, 9.17) is 25.5 Å². The average Bonchev–Trinajstić information content (AvgIpc) is 3.19. The van der Waals surface area contributed by atoms with Crippen LogP contribution in [0.15, 0.2) is 22.6 Å². The highest BCUT2D eigenvalue weighted by Gasteiger charge is 2.31. The summed E-state index contributed by atoms with van der Waals surface area (Å²) >= 11 is 6.21. The molecule has 1 atom stereocenters. The van der Waals surface area contributed by atoms with E-state index >= 15 is 0 Å². The molecule has 2 aliphatic heterocycles. The minimum Gasteiger partial charge on any atom is -0.496 e. The molecule has 0 spiro atoms. The van der Waals surface area contributed by atoms with Crippen molar-refractivity contribution in [2.45, 2.75) is 50.6 Å². The van der Waals surface area contributed by atoms with Crippen molar-refractivity contribution in [1.29, 1.82) is 0 Å². The highest BCUT2D eigenvalue weighted by molar-refractivity contribution is 6.30. The summed E-state index contributed by atoms with van der Waals surface area (Å²) in [6, 6.07) is 5.90. The quantitative estimate of drug-likeness (QED) is 0.755. The highest BCUT2D eigenvalue weighted by Crippen LogP contribution is 2.35. The SMILES string of the molecule is COc1ccc(Cl)cc1CN1CCCC[C@@H]1c1nnc(C2CCOCC2)o1. The van der Waals surface area contributed by atoms with E-state index in [9.17, 15) is 0 Å². The van der Waals surface area contributed by atoms with Gasteiger partial charge >= 0.3 is 0 Å². The van der Waals surface area contributed by atoms with Gasteiger partial charge in [-0.25, -0.2) is 0 Å². The second-order valence-electron chi connectivity index (χ2n) is 7.30. The fraction of sp³-hybridized carbons (Fsp3) is 0.600. The molecule has 0 aliphatic carbocycles. The van der Waals surface area contributed by atoms with E-state index in [1.807, 2.05) is 18.2 Å². The Hall–Kier alpha value is -1.63. The molecule has 2 aliphatic rings. The van der Waals surface area contributed by atoms with Gasteiger partial charge in [-0.3, -0.25) is 4.90 Å². The van der Waals surface area contributed by atoms with Crippen LogP contribution in [0.3, 0.4) is 0 Å². The monoisotopic (exact) mass is 391 g/mol. The summed E-state index contributed by atoms with van der Waals surface area (Å²) in [5.74, 6) is 2.68. The van der Waals surface area contributed by atoms with Crippen molar-refractivity contribution in [2.24, 2.45) is 0 Å². The molecule has 6 nitrogen and oxygen atoms in total. The zero-order chi connectivity index (χ0) is 18.6. The Bertz CT molecular complexity index is 761. The molecule has 4 rings (SSSR count). The highest BCUT2D eigenvalue weighted by atomic mass is 35.5. The molecule has 1 aromatic heterocycles. The Kier molecular flexibility index (Phi) is 5.95. The fourth-order valence-electron chi connectivity index (χ4n) is 4.04. The minimum absolute atomic E-state index is 0.142. The topological polar surface area (TPSA) is 60.6 Å². The number of hydrogen-bond acceptors (Lipinski definition) is 6. The molecule has 0 radical (unpaired) electrons. The van der Waals surface area contributed by atoms with Gasteiger partial charge in [-0.1, -0.05) is 18.0 Å². The number of rotatable bonds is 5. The lowest BCUT2D eigenvalue weighted by molar-refractivity contribution is 0.0767. The zero-order valence-corrected chi connectivity index (χ0v) is 16.5. The first kappa shape index (κ1) is 18.7. The third-order valence-electron chi connectivity index (χ3n) is 5.54. The Morgan fingerprint density at radius 3 is 2.78 bits per heavy atom. The van der Waals surface area contributed by atoms with E-state index in [2.05, 4.69) is 15.1 Å². The van der Waals surface area contributed by atoms with Crippen molar-refractivity contribution >= 4 is 11.6 Å². The van der Waals surface area contributed by atoms with Gasteiger partial charge in [0.2, 0.25) is 11.8 Å². The number of piperidine rings is 1. The third kappa shape index (κ3) is 4.28. The number of methoxy groups -OCH3 is 1. The largest absolute Gasteiger partial charge is 0.496 e. The second kappa shape index (κ2) is 8.59. The van der Waals surface area contributed by atoms with Gasteiger partial charge in [0.25, 0.3) is 0 Å². The lowest BCUT2D eigenvalue weighted by Crippen LogP contribution is -2.33. The standard InChI is InChI=1S/C20H26ClN3O3/c1-25-18-6-5-16(21)12-15(18)13-24-9-3-2-4-17(24)20-23-22-19(27-20)14-7-10-26-11-8-14/h5-6,12,14,17H,2-4,7-11,13H2,1H3/t17-/m1/s1. The van der Waals surface area contributed by atoms with Gasteiger partial charge in [0.05, 0.1) is 13.2 Å². The molecule has 7 heteroatoms. The maximum Gasteiger partial charge on any atom is 0.233 e. The normalized spacial score (nSPS) is 22.1. The summed E-state index contributed by atoms with van der Waals surface area (Å²) < 4.78 is 17.1. The molecule has 1 aromatic carbocycles. The molecule has 2 fully saturated rings. The van der Waals surface area contributed by atoms with Gasteiger partial charge in [0, 0.05) is 36.3 Å². The summed E-state index contributed by atoms with van der Waals surface area (Å²) in [6.07, 6.45) is 5.27. The van der Waals surface area contributed by atoms with Crippen LogP contribution in [-0.2, 0) is 11.3 Å². The Morgan fingerprint density at radius 1 is 1.15 bits per heavy atom. The van der Waals surface area contributed by atoms with E-state index in [1.54, 1.807) is 7.11 Å². The number of halogens is 1. The van der Waals surface area contributed by atoms with Crippen molar-refractivity contribution in [1.82, 2.24) is 15.1 Å². The Morgan fingerprint density at radius 2 is 1.96 bits per heavy atom. The number of aromatic nitrogens is 2. The molecule has 27 heavy (non-hydrogen) atoms. The molecule has 2 saturated heterocycles. The molecular formula is C20H26ClN3O3. The van der Waals surface area contributed by atoms with Crippen molar-refractivity contribution in [2.75, 3.05) is 26.9 Å². The van der Waals surface area contributed by atoms with Crippen LogP contribution in [0, 0.1) is 0 Å². The summed E-state index contributed by atoms with van der Waals surface area (Å²) in [4.78, 5) is 2.40. The van der Waals surface area contributed by atoms with Crippen LogP contribution >= 0.6 is 11.6 Å². The van der Waals surface area contributed by atoms with Crippen LogP contribution in [-0.4, -0.2) is 42.0 Å². The minimum atomic E-state index is 0.142. The van der Waals surface area contributed by atoms with Gasteiger partial charge in [0.1, 0.15) is 5.75 Å². The molecule has 146 valence electrons. The van der Waals surface area contributed by atoms with Crippen molar-refractivity contribution in [3.05, 3.63) is 40.6 Å². The molecule has 2 aromatic rings. The Balaban J connectivity index is 1.53. The van der Waals surface area contributed by atoms with E-state index in [1.165, 1.54) is 12.8 Å². The Labute approximate surface area is 164 Å². The third-order valence-corrected chi connectivity index (χ3v) is 5.78. The predicted octanol–water partition coefficient (Wildman–Crippen LogP) is 4.35. The van der Waals surface area contributed by atoms with Crippen molar-refractivity contribution in [3.8, 4) is 5.75 Å².